The fourth-order valence-electron chi connectivity index (χ4n) is 2.76. The molecule has 0 radical (unpaired) electrons. The van der Waals surface area contributed by atoms with Crippen molar-refractivity contribution in [3.05, 3.63) is 53.9 Å². The van der Waals surface area contributed by atoms with Gasteiger partial charge in [-0.15, -0.1) is 0 Å². The Bertz CT molecular complexity index is 759. The molecule has 0 bridgehead atoms. The van der Waals surface area contributed by atoms with E-state index >= 15 is 0 Å². The van der Waals surface area contributed by atoms with E-state index in [0.717, 1.165) is 31.5 Å². The topological polar surface area (TPSA) is 75.2 Å². The van der Waals surface area contributed by atoms with Crippen LogP contribution in [0.3, 0.4) is 0 Å². The molecule has 1 aromatic heterocycles. The second kappa shape index (κ2) is 7.72. The highest BCUT2D eigenvalue weighted by Crippen LogP contribution is 2.15. The fourth-order valence-corrected chi connectivity index (χ4v) is 3.86. The molecule has 1 saturated heterocycles. The first-order valence-electron chi connectivity index (χ1n) is 8.20. The Morgan fingerprint density at radius 3 is 2.54 bits per heavy atom. The van der Waals surface area contributed by atoms with Crippen molar-refractivity contribution in [3.63, 3.8) is 0 Å². The molecule has 1 fully saturated rings. The van der Waals surface area contributed by atoms with Crippen LogP contribution in [0, 0.1) is 0 Å². The molecule has 24 heavy (non-hydrogen) atoms. The predicted molar refractivity (Wildman–Crippen MR) is 94.0 cm³/mol. The van der Waals surface area contributed by atoms with Crippen LogP contribution in [0.25, 0.3) is 0 Å². The van der Waals surface area contributed by atoms with Crippen LogP contribution < -0.4 is 9.62 Å². The quantitative estimate of drug-likeness (QED) is 0.867. The molecule has 7 heteroatoms. The number of piperidine rings is 1. The molecule has 0 unspecified atom stereocenters. The number of nitrogens with zero attached hydrogens (tertiary/aromatic N) is 3. The normalized spacial score (nSPS) is 15.4. The average molecular weight is 346 g/mol. The van der Waals surface area contributed by atoms with Gasteiger partial charge in [0.15, 0.2) is 0 Å². The molecule has 0 aliphatic carbocycles. The molecule has 6 nitrogen and oxygen atoms in total. The minimum atomic E-state index is -3.39. The molecule has 3 rings (SSSR count). The Morgan fingerprint density at radius 1 is 1.04 bits per heavy atom. The third-order valence-corrected chi connectivity index (χ3v) is 5.31. The molecular weight excluding hydrogens is 324 g/mol. The number of hydrogen-bond donors (Lipinski definition) is 1. The summed E-state index contributed by atoms with van der Waals surface area (Å²) in [6.45, 7) is 2.10. The Morgan fingerprint density at radius 2 is 1.79 bits per heavy atom. The summed E-state index contributed by atoms with van der Waals surface area (Å²) in [5.74, 6) is 0.659. The van der Waals surface area contributed by atoms with Gasteiger partial charge >= 0.3 is 0 Å². The van der Waals surface area contributed by atoms with E-state index in [2.05, 4.69) is 19.6 Å². The van der Waals surface area contributed by atoms with Crippen LogP contribution in [0.5, 0.6) is 0 Å². The van der Waals surface area contributed by atoms with Crippen LogP contribution in [0.2, 0.25) is 0 Å². The van der Waals surface area contributed by atoms with Crippen LogP contribution in [-0.4, -0.2) is 31.5 Å². The van der Waals surface area contributed by atoms with Gasteiger partial charge in [0.05, 0.1) is 18.0 Å². The zero-order valence-electron chi connectivity index (χ0n) is 13.6. The summed E-state index contributed by atoms with van der Waals surface area (Å²) in [5.41, 5.74) is 1.45. The van der Waals surface area contributed by atoms with Gasteiger partial charge in [-0.2, -0.15) is 0 Å². The Hall–Kier alpha value is -1.99. The van der Waals surface area contributed by atoms with E-state index in [-0.39, 0.29) is 12.3 Å². The van der Waals surface area contributed by atoms with Crippen molar-refractivity contribution in [1.29, 1.82) is 0 Å². The molecule has 1 N–H and O–H groups in total. The Labute approximate surface area is 143 Å². The molecule has 2 heterocycles. The zero-order chi connectivity index (χ0) is 16.8. The number of aromatic nitrogens is 2. The predicted octanol–water partition coefficient (Wildman–Crippen LogP) is 2.09. The highest BCUT2D eigenvalue weighted by molar-refractivity contribution is 7.88. The molecule has 0 amide bonds. The molecule has 0 atom stereocenters. The van der Waals surface area contributed by atoms with Crippen molar-refractivity contribution < 1.29 is 8.42 Å². The number of sulfonamides is 1. The summed E-state index contributed by atoms with van der Waals surface area (Å²) < 4.78 is 27.0. The summed E-state index contributed by atoms with van der Waals surface area (Å²) >= 11 is 0. The van der Waals surface area contributed by atoms with E-state index < -0.39 is 10.0 Å². The first-order chi connectivity index (χ1) is 11.6. The first kappa shape index (κ1) is 16.9. The van der Waals surface area contributed by atoms with Crippen LogP contribution >= 0.6 is 0 Å². The van der Waals surface area contributed by atoms with Crippen LogP contribution in [0.1, 0.15) is 30.5 Å². The smallest absolute Gasteiger partial charge is 0.225 e. The van der Waals surface area contributed by atoms with Gasteiger partial charge < -0.3 is 4.90 Å². The summed E-state index contributed by atoms with van der Waals surface area (Å²) in [6, 6.07) is 10.9. The van der Waals surface area contributed by atoms with Gasteiger partial charge in [0.1, 0.15) is 0 Å². The second-order valence-corrected chi connectivity index (χ2v) is 7.77. The molecule has 1 aliphatic rings. The van der Waals surface area contributed by atoms with Crippen LogP contribution in [-0.2, 0) is 22.3 Å². The van der Waals surface area contributed by atoms with Gasteiger partial charge in [0.2, 0.25) is 16.0 Å². The van der Waals surface area contributed by atoms with Crippen molar-refractivity contribution in [2.24, 2.45) is 0 Å². The van der Waals surface area contributed by atoms with E-state index in [9.17, 15) is 8.42 Å². The molecule has 2 aromatic rings. The zero-order valence-corrected chi connectivity index (χ0v) is 14.4. The van der Waals surface area contributed by atoms with E-state index in [1.165, 1.54) is 6.42 Å². The summed E-state index contributed by atoms with van der Waals surface area (Å²) in [5, 5.41) is 0. The number of hydrogen-bond acceptors (Lipinski definition) is 5. The third-order valence-electron chi connectivity index (χ3n) is 4.01. The summed E-state index contributed by atoms with van der Waals surface area (Å²) in [7, 11) is -3.39. The van der Waals surface area contributed by atoms with Gasteiger partial charge in [-0.25, -0.2) is 23.1 Å². The van der Waals surface area contributed by atoms with Gasteiger partial charge in [0, 0.05) is 19.3 Å². The van der Waals surface area contributed by atoms with Crippen molar-refractivity contribution in [2.45, 2.75) is 31.6 Å². The molecule has 1 aromatic carbocycles. The van der Waals surface area contributed by atoms with E-state index in [1.807, 2.05) is 18.2 Å². The highest BCUT2D eigenvalue weighted by Gasteiger charge is 2.15. The molecule has 0 spiro atoms. The van der Waals surface area contributed by atoms with E-state index in [1.54, 1.807) is 24.4 Å². The largest absolute Gasteiger partial charge is 0.341 e. The summed E-state index contributed by atoms with van der Waals surface area (Å²) in [4.78, 5) is 11.0. The molecular formula is C17H22N4O2S. The number of rotatable bonds is 6. The first-order valence-corrected chi connectivity index (χ1v) is 9.86. The maximum atomic E-state index is 12.2. The lowest BCUT2D eigenvalue weighted by Crippen LogP contribution is -2.31. The van der Waals surface area contributed by atoms with Crippen LogP contribution in [0.4, 0.5) is 5.95 Å². The van der Waals surface area contributed by atoms with Crippen molar-refractivity contribution in [2.75, 3.05) is 18.0 Å². The lowest BCUT2D eigenvalue weighted by molar-refractivity contribution is 0.565. The van der Waals surface area contributed by atoms with Crippen molar-refractivity contribution >= 4 is 16.0 Å². The standard InChI is InChI=1S/C17H22N4O2S/c22-24(23,14-15-7-3-1-4-8-15)19-13-16-9-10-18-17(20-16)21-11-5-2-6-12-21/h1,3-4,7-10,19H,2,5-6,11-14H2. The summed E-state index contributed by atoms with van der Waals surface area (Å²) in [6.07, 6.45) is 5.24. The van der Waals surface area contributed by atoms with E-state index in [0.29, 0.717) is 11.6 Å². The second-order valence-electron chi connectivity index (χ2n) is 5.96. The Balaban J connectivity index is 1.61. The van der Waals surface area contributed by atoms with Gasteiger partial charge in [-0.1, -0.05) is 30.3 Å². The van der Waals surface area contributed by atoms with Gasteiger partial charge in [-0.05, 0) is 30.9 Å². The van der Waals surface area contributed by atoms with E-state index in [4.69, 9.17) is 0 Å². The van der Waals surface area contributed by atoms with Gasteiger partial charge in [0.25, 0.3) is 0 Å². The molecule has 1 aliphatic heterocycles. The van der Waals surface area contributed by atoms with Crippen molar-refractivity contribution in [3.8, 4) is 0 Å². The minimum absolute atomic E-state index is 0.0299. The lowest BCUT2D eigenvalue weighted by Gasteiger charge is -2.26. The monoisotopic (exact) mass is 346 g/mol. The number of benzene rings is 1. The van der Waals surface area contributed by atoms with Gasteiger partial charge in [-0.3, -0.25) is 0 Å². The number of anilines is 1. The van der Waals surface area contributed by atoms with Crippen LogP contribution in [0.15, 0.2) is 42.6 Å². The average Bonchev–Trinajstić information content (AvgIpc) is 2.62. The lowest BCUT2D eigenvalue weighted by atomic mass is 10.1. The molecule has 128 valence electrons. The maximum absolute atomic E-state index is 12.2. The minimum Gasteiger partial charge on any atom is -0.341 e. The SMILES string of the molecule is O=S(=O)(Cc1ccccc1)NCc1ccnc(N2CCCCC2)n1. The highest BCUT2D eigenvalue weighted by atomic mass is 32.2. The third kappa shape index (κ3) is 4.75. The maximum Gasteiger partial charge on any atom is 0.225 e. The van der Waals surface area contributed by atoms with Crippen molar-refractivity contribution in [1.82, 2.24) is 14.7 Å². The number of nitrogens with one attached hydrogen (secondary N) is 1. The Kier molecular flexibility index (Phi) is 5.42. The fraction of sp³-hybridized carbons (Fsp3) is 0.412. The molecule has 0 saturated carbocycles.